The first-order valence-electron chi connectivity index (χ1n) is 8.34. The molecule has 2 saturated heterocycles. The van der Waals surface area contributed by atoms with Crippen molar-refractivity contribution in [3.63, 3.8) is 0 Å². The normalized spacial score (nSPS) is 21.1. The Kier molecular flexibility index (Phi) is 5.81. The van der Waals surface area contributed by atoms with Gasteiger partial charge in [0.15, 0.2) is 0 Å². The third-order valence-electron chi connectivity index (χ3n) is 4.27. The zero-order valence-corrected chi connectivity index (χ0v) is 14.0. The molecule has 0 N–H and O–H groups in total. The maximum atomic E-state index is 12.0. The summed E-state index contributed by atoms with van der Waals surface area (Å²) in [5, 5.41) is 0. The Morgan fingerprint density at radius 3 is 2.96 bits per heavy atom. The van der Waals surface area contributed by atoms with Crippen LogP contribution in [0.5, 0.6) is 5.88 Å². The van der Waals surface area contributed by atoms with E-state index in [1.165, 1.54) is 6.33 Å². The molecular weight excluding hydrogens is 312 g/mol. The van der Waals surface area contributed by atoms with Crippen LogP contribution in [0.3, 0.4) is 0 Å². The second kappa shape index (κ2) is 8.25. The van der Waals surface area contributed by atoms with Gasteiger partial charge in [0.05, 0.1) is 32.8 Å². The topological polar surface area (TPSA) is 77.0 Å². The summed E-state index contributed by atoms with van der Waals surface area (Å²) in [5.74, 6) is 1.52. The quantitative estimate of drug-likeness (QED) is 0.741. The lowest BCUT2D eigenvalue weighted by atomic mass is 10.3. The minimum Gasteiger partial charge on any atom is -0.472 e. The average Bonchev–Trinajstić information content (AvgIpc) is 3.09. The predicted molar refractivity (Wildman–Crippen MR) is 87.2 cm³/mol. The molecule has 0 radical (unpaired) electrons. The molecule has 3 rings (SSSR count). The average molecular weight is 336 g/mol. The van der Waals surface area contributed by atoms with Gasteiger partial charge in [-0.2, -0.15) is 0 Å². The summed E-state index contributed by atoms with van der Waals surface area (Å²) in [7, 11) is 1.60. The van der Waals surface area contributed by atoms with E-state index in [2.05, 4.69) is 14.9 Å². The molecular formula is C16H24N4O4. The monoisotopic (exact) mass is 336 g/mol. The molecule has 0 aromatic carbocycles. The van der Waals surface area contributed by atoms with E-state index in [1.807, 2.05) is 11.0 Å². The summed E-state index contributed by atoms with van der Waals surface area (Å²) in [6.45, 7) is 4.83. The van der Waals surface area contributed by atoms with E-state index in [9.17, 15) is 4.79 Å². The molecule has 1 amide bonds. The first-order chi connectivity index (χ1) is 11.8. The van der Waals surface area contributed by atoms with Crippen LogP contribution in [0, 0.1) is 0 Å². The number of aromatic nitrogens is 2. The van der Waals surface area contributed by atoms with Gasteiger partial charge >= 0.3 is 0 Å². The molecule has 2 fully saturated rings. The van der Waals surface area contributed by atoms with Gasteiger partial charge in [0.1, 0.15) is 18.2 Å². The van der Waals surface area contributed by atoms with Gasteiger partial charge in [0.2, 0.25) is 11.8 Å². The number of morpholine rings is 1. The van der Waals surface area contributed by atoms with Crippen molar-refractivity contribution in [3.8, 4) is 5.88 Å². The lowest BCUT2D eigenvalue weighted by molar-refractivity contribution is -0.131. The lowest BCUT2D eigenvalue weighted by Crippen LogP contribution is -2.36. The highest BCUT2D eigenvalue weighted by Gasteiger charge is 2.27. The Morgan fingerprint density at radius 1 is 1.33 bits per heavy atom. The molecule has 2 aliphatic rings. The predicted octanol–water partition coefficient (Wildman–Crippen LogP) is 0.329. The lowest BCUT2D eigenvalue weighted by Gasteiger charge is -2.27. The van der Waals surface area contributed by atoms with E-state index < -0.39 is 0 Å². The fourth-order valence-corrected chi connectivity index (χ4v) is 2.93. The van der Waals surface area contributed by atoms with Crippen molar-refractivity contribution in [2.45, 2.75) is 18.9 Å². The van der Waals surface area contributed by atoms with E-state index in [0.717, 1.165) is 25.3 Å². The Bertz CT molecular complexity index is 551. The van der Waals surface area contributed by atoms with E-state index in [0.29, 0.717) is 45.2 Å². The molecule has 1 aromatic rings. The Morgan fingerprint density at radius 2 is 2.17 bits per heavy atom. The fraction of sp³-hybridized carbons (Fsp3) is 0.688. The van der Waals surface area contributed by atoms with Crippen molar-refractivity contribution in [1.29, 1.82) is 0 Å². The van der Waals surface area contributed by atoms with Gasteiger partial charge in [-0.25, -0.2) is 9.97 Å². The number of ether oxygens (including phenoxy) is 3. The largest absolute Gasteiger partial charge is 0.472 e. The molecule has 8 nitrogen and oxygen atoms in total. The number of amides is 1. The van der Waals surface area contributed by atoms with Crippen LogP contribution in [0.25, 0.3) is 0 Å². The molecule has 0 bridgehead atoms. The van der Waals surface area contributed by atoms with Crippen LogP contribution in [0.4, 0.5) is 5.82 Å². The number of likely N-dealkylation sites (tertiary alicyclic amines) is 1. The SMILES string of the molecule is COCCC(=O)N1CCC(Oc2cc(N3CCOCC3)ncn2)C1. The van der Waals surface area contributed by atoms with Crippen LogP contribution >= 0.6 is 0 Å². The fourth-order valence-electron chi connectivity index (χ4n) is 2.93. The zero-order chi connectivity index (χ0) is 16.8. The highest BCUT2D eigenvalue weighted by atomic mass is 16.5. The smallest absolute Gasteiger partial charge is 0.225 e. The number of hydrogen-bond donors (Lipinski definition) is 0. The summed E-state index contributed by atoms with van der Waals surface area (Å²) < 4.78 is 16.3. The molecule has 132 valence electrons. The molecule has 8 heteroatoms. The van der Waals surface area contributed by atoms with Crippen LogP contribution in [0.1, 0.15) is 12.8 Å². The third-order valence-corrected chi connectivity index (χ3v) is 4.27. The molecule has 1 aromatic heterocycles. The van der Waals surface area contributed by atoms with Gasteiger partial charge in [-0.15, -0.1) is 0 Å². The molecule has 2 aliphatic heterocycles. The summed E-state index contributed by atoms with van der Waals surface area (Å²) in [4.78, 5) is 24.5. The summed E-state index contributed by atoms with van der Waals surface area (Å²) in [5.41, 5.74) is 0. The van der Waals surface area contributed by atoms with Gasteiger partial charge in [0, 0.05) is 39.2 Å². The maximum Gasteiger partial charge on any atom is 0.225 e. The van der Waals surface area contributed by atoms with Gasteiger partial charge in [0.25, 0.3) is 0 Å². The standard InChI is InChI=1S/C16H24N4O4/c1-22-7-3-16(21)20-4-2-13(11-20)24-15-10-14(17-12-18-15)19-5-8-23-9-6-19/h10,12-13H,2-9,11H2,1H3. The van der Waals surface area contributed by atoms with Crippen molar-refractivity contribution in [1.82, 2.24) is 14.9 Å². The molecule has 0 aliphatic carbocycles. The molecule has 1 unspecified atom stereocenters. The van der Waals surface area contributed by atoms with E-state index in [4.69, 9.17) is 14.2 Å². The Hall–Kier alpha value is -1.93. The van der Waals surface area contributed by atoms with Crippen molar-refractivity contribution < 1.29 is 19.0 Å². The summed E-state index contributed by atoms with van der Waals surface area (Å²) in [6, 6.07) is 1.86. The van der Waals surface area contributed by atoms with Gasteiger partial charge < -0.3 is 24.0 Å². The third kappa shape index (κ3) is 4.33. The minimum atomic E-state index is -0.0241. The number of carbonyl (C=O) groups is 1. The number of carbonyl (C=O) groups excluding carboxylic acids is 1. The van der Waals surface area contributed by atoms with Gasteiger partial charge in [-0.1, -0.05) is 0 Å². The molecule has 1 atom stereocenters. The molecule has 0 spiro atoms. The number of rotatable bonds is 6. The summed E-state index contributed by atoms with van der Waals surface area (Å²) >= 11 is 0. The summed E-state index contributed by atoms with van der Waals surface area (Å²) in [6.07, 6.45) is 2.73. The molecule has 24 heavy (non-hydrogen) atoms. The minimum absolute atomic E-state index is 0.0241. The molecule has 0 saturated carbocycles. The van der Waals surface area contributed by atoms with Crippen LogP contribution in [0.2, 0.25) is 0 Å². The van der Waals surface area contributed by atoms with Crippen molar-refractivity contribution in [2.75, 3.05) is 58.0 Å². The van der Waals surface area contributed by atoms with Crippen LogP contribution in [-0.4, -0.2) is 80.0 Å². The van der Waals surface area contributed by atoms with E-state index in [1.54, 1.807) is 7.11 Å². The van der Waals surface area contributed by atoms with Crippen molar-refractivity contribution in [2.24, 2.45) is 0 Å². The first-order valence-corrected chi connectivity index (χ1v) is 8.34. The highest BCUT2D eigenvalue weighted by Crippen LogP contribution is 2.21. The van der Waals surface area contributed by atoms with Crippen molar-refractivity contribution >= 4 is 11.7 Å². The molecule has 3 heterocycles. The second-order valence-corrected chi connectivity index (χ2v) is 5.92. The second-order valence-electron chi connectivity index (χ2n) is 5.92. The van der Waals surface area contributed by atoms with E-state index in [-0.39, 0.29) is 12.0 Å². The maximum absolute atomic E-state index is 12.0. The Balaban J connectivity index is 1.54. The Labute approximate surface area is 141 Å². The van der Waals surface area contributed by atoms with Crippen LogP contribution < -0.4 is 9.64 Å². The van der Waals surface area contributed by atoms with Gasteiger partial charge in [-0.3, -0.25) is 4.79 Å². The zero-order valence-electron chi connectivity index (χ0n) is 14.0. The van der Waals surface area contributed by atoms with Gasteiger partial charge in [-0.05, 0) is 0 Å². The van der Waals surface area contributed by atoms with Crippen LogP contribution in [0.15, 0.2) is 12.4 Å². The first kappa shape index (κ1) is 16.9. The number of methoxy groups -OCH3 is 1. The highest BCUT2D eigenvalue weighted by molar-refractivity contribution is 5.76. The van der Waals surface area contributed by atoms with E-state index >= 15 is 0 Å². The number of hydrogen-bond acceptors (Lipinski definition) is 7. The van der Waals surface area contributed by atoms with Crippen LogP contribution in [-0.2, 0) is 14.3 Å². The number of nitrogens with zero attached hydrogens (tertiary/aromatic N) is 4. The number of anilines is 1. The van der Waals surface area contributed by atoms with Crippen molar-refractivity contribution in [3.05, 3.63) is 12.4 Å².